The first-order valence-corrected chi connectivity index (χ1v) is 7.72. The van der Waals surface area contributed by atoms with Gasteiger partial charge in [-0.15, -0.1) is 0 Å². The van der Waals surface area contributed by atoms with Gasteiger partial charge in [0.2, 0.25) is 0 Å². The highest BCUT2D eigenvalue weighted by molar-refractivity contribution is 5.29. The number of hydrogen-bond acceptors (Lipinski definition) is 3. The molecule has 0 unspecified atom stereocenters. The average Bonchev–Trinajstić information content (AvgIpc) is 2.96. The number of methoxy groups -OCH3 is 1. The van der Waals surface area contributed by atoms with Crippen LogP contribution in [0.1, 0.15) is 42.6 Å². The van der Waals surface area contributed by atoms with Crippen molar-refractivity contribution >= 4 is 0 Å². The van der Waals surface area contributed by atoms with Gasteiger partial charge in [0.05, 0.1) is 13.3 Å². The van der Waals surface area contributed by atoms with E-state index in [9.17, 15) is 0 Å². The summed E-state index contributed by atoms with van der Waals surface area (Å²) in [6.07, 6.45) is 5.61. The molecule has 1 atom stereocenters. The third-order valence-corrected chi connectivity index (χ3v) is 4.25. The van der Waals surface area contributed by atoms with Crippen molar-refractivity contribution in [1.82, 2.24) is 15.1 Å². The first-order valence-electron chi connectivity index (χ1n) is 7.72. The monoisotopic (exact) mass is 285 g/mol. The maximum absolute atomic E-state index is 5.28. The van der Waals surface area contributed by atoms with Crippen LogP contribution >= 0.6 is 0 Å². The van der Waals surface area contributed by atoms with Gasteiger partial charge in [0.1, 0.15) is 5.75 Å². The summed E-state index contributed by atoms with van der Waals surface area (Å²) in [5.74, 6) is 0.914. The molecule has 0 saturated heterocycles. The lowest BCUT2D eigenvalue weighted by atomic mass is 9.93. The number of aryl methyl sites for hydroxylation is 1. The minimum atomic E-state index is 0.417. The van der Waals surface area contributed by atoms with Gasteiger partial charge >= 0.3 is 0 Å². The molecule has 1 aliphatic rings. The number of hydrogen-bond donors (Lipinski definition) is 1. The maximum atomic E-state index is 5.28. The van der Waals surface area contributed by atoms with E-state index in [1.54, 1.807) is 7.11 Å². The molecular weight excluding hydrogens is 262 g/mol. The van der Waals surface area contributed by atoms with Crippen molar-refractivity contribution in [2.24, 2.45) is 0 Å². The molecule has 0 spiro atoms. The second-order valence-electron chi connectivity index (χ2n) is 5.54. The van der Waals surface area contributed by atoms with Crippen LogP contribution in [-0.4, -0.2) is 16.9 Å². The lowest BCUT2D eigenvalue weighted by molar-refractivity contribution is 0.413. The van der Waals surface area contributed by atoms with Gasteiger partial charge in [0.25, 0.3) is 0 Å². The second-order valence-corrected chi connectivity index (χ2v) is 5.54. The molecule has 0 fully saturated rings. The molecule has 4 heteroatoms. The summed E-state index contributed by atoms with van der Waals surface area (Å²) in [7, 11) is 1.71. The van der Waals surface area contributed by atoms with Crippen LogP contribution in [0.25, 0.3) is 0 Å². The van der Waals surface area contributed by atoms with E-state index >= 15 is 0 Å². The van der Waals surface area contributed by atoms with Gasteiger partial charge in [0, 0.05) is 30.4 Å². The van der Waals surface area contributed by atoms with Crippen molar-refractivity contribution in [1.29, 1.82) is 0 Å². The molecule has 2 aromatic rings. The Balaban J connectivity index is 1.70. The molecule has 1 N–H and O–H groups in total. The minimum Gasteiger partial charge on any atom is -0.497 e. The maximum Gasteiger partial charge on any atom is 0.119 e. The number of benzene rings is 1. The molecule has 1 aromatic carbocycles. The molecule has 0 saturated carbocycles. The highest BCUT2D eigenvalue weighted by Crippen LogP contribution is 2.29. The lowest BCUT2D eigenvalue weighted by Crippen LogP contribution is -2.25. The number of fused-ring (bicyclic) bond motifs is 1. The predicted molar refractivity (Wildman–Crippen MR) is 83.4 cm³/mol. The quantitative estimate of drug-likeness (QED) is 0.917. The van der Waals surface area contributed by atoms with Gasteiger partial charge in [-0.25, -0.2) is 0 Å². The van der Waals surface area contributed by atoms with Gasteiger partial charge in [0.15, 0.2) is 0 Å². The number of ether oxygens (including phenoxy) is 1. The lowest BCUT2D eigenvalue weighted by Gasteiger charge is -2.24. The number of rotatable bonds is 5. The van der Waals surface area contributed by atoms with Crippen LogP contribution in [-0.2, 0) is 19.5 Å². The summed E-state index contributed by atoms with van der Waals surface area (Å²) >= 11 is 0. The normalized spacial score (nSPS) is 17.5. The highest BCUT2D eigenvalue weighted by Gasteiger charge is 2.23. The van der Waals surface area contributed by atoms with Crippen LogP contribution in [0, 0.1) is 0 Å². The SMILES string of the molecule is CCn1ncc2c1CCC[C@@H]2NCc1cccc(OC)c1. The first kappa shape index (κ1) is 14.1. The predicted octanol–water partition coefficient (Wildman–Crippen LogP) is 3.08. The van der Waals surface area contributed by atoms with E-state index in [2.05, 4.69) is 34.2 Å². The Hall–Kier alpha value is -1.81. The molecule has 1 heterocycles. The molecule has 0 amide bonds. The van der Waals surface area contributed by atoms with Crippen LogP contribution < -0.4 is 10.1 Å². The van der Waals surface area contributed by atoms with Crippen LogP contribution in [0.15, 0.2) is 30.5 Å². The Kier molecular flexibility index (Phi) is 4.25. The summed E-state index contributed by atoms with van der Waals surface area (Å²) in [6.45, 7) is 3.97. The molecule has 0 aliphatic heterocycles. The Labute approximate surface area is 126 Å². The summed E-state index contributed by atoms with van der Waals surface area (Å²) in [5.41, 5.74) is 4.04. The largest absolute Gasteiger partial charge is 0.497 e. The fourth-order valence-corrected chi connectivity index (χ4v) is 3.13. The fourth-order valence-electron chi connectivity index (χ4n) is 3.13. The Morgan fingerprint density at radius 3 is 3.14 bits per heavy atom. The van der Waals surface area contributed by atoms with Crippen LogP contribution in [0.5, 0.6) is 5.75 Å². The molecule has 1 aromatic heterocycles. The summed E-state index contributed by atoms with van der Waals surface area (Å²) in [6, 6.07) is 8.66. The summed E-state index contributed by atoms with van der Waals surface area (Å²) < 4.78 is 7.41. The Bertz CT molecular complexity index is 606. The zero-order valence-corrected chi connectivity index (χ0v) is 12.8. The van der Waals surface area contributed by atoms with Crippen molar-refractivity contribution in [3.63, 3.8) is 0 Å². The van der Waals surface area contributed by atoms with E-state index in [-0.39, 0.29) is 0 Å². The Morgan fingerprint density at radius 1 is 1.43 bits per heavy atom. The van der Waals surface area contributed by atoms with Crippen LogP contribution in [0.2, 0.25) is 0 Å². The van der Waals surface area contributed by atoms with Crippen LogP contribution in [0.4, 0.5) is 0 Å². The molecule has 4 nitrogen and oxygen atoms in total. The average molecular weight is 285 g/mol. The van der Waals surface area contributed by atoms with E-state index in [0.717, 1.165) is 25.3 Å². The Morgan fingerprint density at radius 2 is 2.33 bits per heavy atom. The van der Waals surface area contributed by atoms with Crippen molar-refractivity contribution in [3.8, 4) is 5.75 Å². The number of nitrogens with zero attached hydrogens (tertiary/aromatic N) is 2. The molecule has 0 radical (unpaired) electrons. The van der Waals surface area contributed by atoms with Crippen molar-refractivity contribution in [3.05, 3.63) is 47.3 Å². The zero-order chi connectivity index (χ0) is 14.7. The first-order chi connectivity index (χ1) is 10.3. The topological polar surface area (TPSA) is 39.1 Å². The molecule has 0 bridgehead atoms. The van der Waals surface area contributed by atoms with Gasteiger partial charge in [-0.05, 0) is 43.9 Å². The summed E-state index contributed by atoms with van der Waals surface area (Å²) in [4.78, 5) is 0. The van der Waals surface area contributed by atoms with E-state index < -0.39 is 0 Å². The van der Waals surface area contributed by atoms with E-state index in [1.165, 1.54) is 29.7 Å². The molecule has 112 valence electrons. The van der Waals surface area contributed by atoms with Gasteiger partial charge in [-0.1, -0.05) is 12.1 Å². The summed E-state index contributed by atoms with van der Waals surface area (Å²) in [5, 5.41) is 8.18. The fraction of sp³-hybridized carbons (Fsp3) is 0.471. The smallest absolute Gasteiger partial charge is 0.119 e. The second kappa shape index (κ2) is 6.31. The van der Waals surface area contributed by atoms with E-state index in [0.29, 0.717) is 6.04 Å². The van der Waals surface area contributed by atoms with Crippen molar-refractivity contribution < 1.29 is 4.74 Å². The molecule has 3 rings (SSSR count). The molecule has 21 heavy (non-hydrogen) atoms. The standard InChI is InChI=1S/C17H23N3O/c1-3-20-17-9-5-8-16(15(17)12-19-20)18-11-13-6-4-7-14(10-13)21-2/h4,6-7,10,12,16,18H,3,5,8-9,11H2,1-2H3/t16-/m0/s1. The number of nitrogens with one attached hydrogen (secondary N) is 1. The van der Waals surface area contributed by atoms with E-state index in [1.807, 2.05) is 18.3 Å². The van der Waals surface area contributed by atoms with E-state index in [4.69, 9.17) is 4.74 Å². The van der Waals surface area contributed by atoms with Crippen molar-refractivity contribution in [2.45, 2.75) is 45.3 Å². The minimum absolute atomic E-state index is 0.417. The van der Waals surface area contributed by atoms with Crippen LogP contribution in [0.3, 0.4) is 0 Å². The molecule has 1 aliphatic carbocycles. The highest BCUT2D eigenvalue weighted by atomic mass is 16.5. The zero-order valence-electron chi connectivity index (χ0n) is 12.8. The van der Waals surface area contributed by atoms with Gasteiger partial charge in [-0.2, -0.15) is 5.10 Å². The third kappa shape index (κ3) is 2.95. The number of aromatic nitrogens is 2. The third-order valence-electron chi connectivity index (χ3n) is 4.25. The van der Waals surface area contributed by atoms with Crippen molar-refractivity contribution in [2.75, 3.05) is 7.11 Å². The van der Waals surface area contributed by atoms with Gasteiger partial charge in [-0.3, -0.25) is 4.68 Å². The van der Waals surface area contributed by atoms with Gasteiger partial charge < -0.3 is 10.1 Å². The molecular formula is C17H23N3O.